The third kappa shape index (κ3) is 1.38. The van der Waals surface area contributed by atoms with Crippen LogP contribution in [0.2, 0.25) is 0 Å². The molecule has 2 atom stereocenters. The highest BCUT2D eigenvalue weighted by Gasteiger charge is 2.63. The van der Waals surface area contributed by atoms with Crippen LogP contribution in [0.5, 0.6) is 0 Å². The average molecular weight is 265 g/mol. The van der Waals surface area contributed by atoms with Crippen molar-refractivity contribution in [1.82, 2.24) is 0 Å². The van der Waals surface area contributed by atoms with Gasteiger partial charge in [-0.15, -0.1) is 11.8 Å². The minimum Gasteiger partial charge on any atom is -0.368 e. The lowest BCUT2D eigenvalue weighted by Crippen LogP contribution is -2.60. The molecule has 0 radical (unpaired) electrons. The average Bonchev–Trinajstić information content (AvgIpc) is 2.52. The lowest BCUT2D eigenvalue weighted by molar-refractivity contribution is -0.172. The van der Waals surface area contributed by atoms with Gasteiger partial charge in [-0.25, -0.2) is 4.99 Å². The van der Waals surface area contributed by atoms with Gasteiger partial charge >= 0.3 is 0 Å². The van der Waals surface area contributed by atoms with Gasteiger partial charge < -0.3 is 5.11 Å². The van der Waals surface area contributed by atoms with Crippen LogP contribution in [0.1, 0.15) is 52.4 Å². The van der Waals surface area contributed by atoms with Crippen molar-refractivity contribution in [3.63, 3.8) is 0 Å². The van der Waals surface area contributed by atoms with E-state index in [-0.39, 0.29) is 10.7 Å². The molecule has 0 saturated heterocycles. The summed E-state index contributed by atoms with van der Waals surface area (Å²) in [5.74, 6) is 2.65. The van der Waals surface area contributed by atoms with Crippen molar-refractivity contribution in [2.24, 2.45) is 28.2 Å². The van der Waals surface area contributed by atoms with Gasteiger partial charge in [-0.05, 0) is 70.1 Å². The second-order valence-electron chi connectivity index (χ2n) is 7.31. The molecule has 0 spiro atoms. The zero-order valence-electron chi connectivity index (χ0n) is 11.4. The first kappa shape index (κ1) is 11.8. The highest BCUT2D eigenvalue weighted by molar-refractivity contribution is 8.14. The van der Waals surface area contributed by atoms with Crippen LogP contribution in [0.3, 0.4) is 0 Å². The topological polar surface area (TPSA) is 32.6 Å². The van der Waals surface area contributed by atoms with Crippen LogP contribution in [0.4, 0.5) is 0 Å². The molecule has 4 saturated carbocycles. The van der Waals surface area contributed by atoms with Crippen molar-refractivity contribution in [1.29, 1.82) is 0 Å². The van der Waals surface area contributed by atoms with Crippen LogP contribution >= 0.6 is 11.8 Å². The maximum Gasteiger partial charge on any atom is 0.174 e. The number of hydrogen-bond donors (Lipinski definition) is 1. The molecule has 0 aromatic heterocycles. The Bertz CT molecular complexity index is 383. The van der Waals surface area contributed by atoms with Crippen molar-refractivity contribution in [2.75, 3.05) is 0 Å². The van der Waals surface area contributed by atoms with Crippen LogP contribution in [0.25, 0.3) is 0 Å². The molecule has 3 heteroatoms. The molecule has 5 aliphatic rings. The lowest BCUT2D eigenvalue weighted by atomic mass is 9.46. The lowest BCUT2D eigenvalue weighted by Gasteiger charge is -2.61. The number of aliphatic imine (C=N–C) groups is 1. The molecule has 0 aromatic carbocycles. The monoisotopic (exact) mass is 265 g/mol. The molecule has 1 N–H and O–H groups in total. The van der Waals surface area contributed by atoms with E-state index in [9.17, 15) is 5.11 Å². The summed E-state index contributed by atoms with van der Waals surface area (Å²) >= 11 is 1.78. The standard InChI is InChI=1S/C15H23NOS/c1-9-15(17,16-10(2)18-9)14-6-11-3-12(7-14)5-13(4-11)8-14/h9,11-13,17H,3-8H2,1-2H3/t9-,11?,12?,13?,14?,15-/m0/s1. The van der Waals surface area contributed by atoms with E-state index >= 15 is 0 Å². The molecular weight excluding hydrogens is 242 g/mol. The van der Waals surface area contributed by atoms with Crippen molar-refractivity contribution in [3.05, 3.63) is 0 Å². The number of thioether (sulfide) groups is 1. The van der Waals surface area contributed by atoms with E-state index in [1.165, 1.54) is 38.5 Å². The molecule has 0 unspecified atom stereocenters. The van der Waals surface area contributed by atoms with Gasteiger partial charge in [0.2, 0.25) is 0 Å². The fraction of sp³-hybridized carbons (Fsp3) is 0.933. The van der Waals surface area contributed by atoms with E-state index in [1.54, 1.807) is 11.8 Å². The van der Waals surface area contributed by atoms with Crippen LogP contribution in [-0.4, -0.2) is 21.1 Å². The molecule has 100 valence electrons. The summed E-state index contributed by atoms with van der Waals surface area (Å²) in [6.45, 7) is 4.23. The second-order valence-corrected chi connectivity index (χ2v) is 8.85. The van der Waals surface area contributed by atoms with Gasteiger partial charge in [0, 0.05) is 5.41 Å². The Morgan fingerprint density at radius 2 is 1.61 bits per heavy atom. The van der Waals surface area contributed by atoms with Crippen molar-refractivity contribution in [3.8, 4) is 0 Å². The Morgan fingerprint density at radius 1 is 1.11 bits per heavy atom. The van der Waals surface area contributed by atoms with Crippen LogP contribution in [0.15, 0.2) is 4.99 Å². The summed E-state index contributed by atoms with van der Waals surface area (Å²) in [5.41, 5.74) is -0.649. The molecule has 4 aliphatic carbocycles. The maximum absolute atomic E-state index is 11.3. The zero-order chi connectivity index (χ0) is 12.5. The predicted molar refractivity (Wildman–Crippen MR) is 75.7 cm³/mol. The van der Waals surface area contributed by atoms with E-state index in [4.69, 9.17) is 4.99 Å². The van der Waals surface area contributed by atoms with Gasteiger partial charge in [0.25, 0.3) is 0 Å². The Labute approximate surface area is 114 Å². The SMILES string of the molecule is CC1=N[C@@](O)(C23CC4CC(CC(C4)C2)C3)[C@H](C)S1. The largest absolute Gasteiger partial charge is 0.368 e. The summed E-state index contributed by atoms with van der Waals surface area (Å²) in [6.07, 6.45) is 7.99. The summed E-state index contributed by atoms with van der Waals surface area (Å²) in [5, 5.41) is 12.6. The quantitative estimate of drug-likeness (QED) is 0.787. The number of nitrogens with zero attached hydrogens (tertiary/aromatic N) is 1. The van der Waals surface area contributed by atoms with Gasteiger partial charge in [0.15, 0.2) is 5.72 Å². The Morgan fingerprint density at radius 3 is 2.00 bits per heavy atom. The molecule has 4 bridgehead atoms. The van der Waals surface area contributed by atoms with E-state index < -0.39 is 5.72 Å². The highest BCUT2D eigenvalue weighted by atomic mass is 32.2. The zero-order valence-corrected chi connectivity index (χ0v) is 12.2. The van der Waals surface area contributed by atoms with Gasteiger partial charge in [0.1, 0.15) is 0 Å². The van der Waals surface area contributed by atoms with E-state index in [1.807, 2.05) is 0 Å². The molecule has 1 aliphatic heterocycles. The first-order chi connectivity index (χ1) is 8.51. The number of rotatable bonds is 1. The van der Waals surface area contributed by atoms with Crippen LogP contribution in [-0.2, 0) is 0 Å². The minimum absolute atomic E-state index is 0.117. The molecular formula is C15H23NOS. The molecule has 0 aromatic rings. The number of aliphatic hydroxyl groups is 1. The summed E-state index contributed by atoms with van der Waals surface area (Å²) in [6, 6.07) is 0. The van der Waals surface area contributed by atoms with Gasteiger partial charge in [-0.1, -0.05) is 0 Å². The number of hydrogen-bond acceptors (Lipinski definition) is 3. The normalized spacial score (nSPS) is 58.1. The fourth-order valence-electron chi connectivity index (χ4n) is 5.81. The van der Waals surface area contributed by atoms with Gasteiger partial charge in [-0.2, -0.15) is 0 Å². The van der Waals surface area contributed by atoms with Crippen molar-refractivity contribution in [2.45, 2.75) is 63.3 Å². The first-order valence-corrected chi connectivity index (χ1v) is 8.34. The van der Waals surface area contributed by atoms with Gasteiger partial charge in [-0.3, -0.25) is 0 Å². The maximum atomic E-state index is 11.3. The molecule has 5 rings (SSSR count). The second kappa shape index (κ2) is 3.54. The predicted octanol–water partition coefficient (Wildman–Crippen LogP) is 3.45. The van der Waals surface area contributed by atoms with Gasteiger partial charge in [0.05, 0.1) is 10.3 Å². The van der Waals surface area contributed by atoms with E-state index in [0.717, 1.165) is 22.8 Å². The fourth-order valence-corrected chi connectivity index (χ4v) is 6.98. The van der Waals surface area contributed by atoms with Crippen molar-refractivity contribution < 1.29 is 5.11 Å². The molecule has 4 fully saturated rings. The summed E-state index contributed by atoms with van der Waals surface area (Å²) < 4.78 is 0. The van der Waals surface area contributed by atoms with Crippen LogP contribution in [0, 0.1) is 23.2 Å². The minimum atomic E-state index is -0.766. The third-order valence-electron chi connectivity index (χ3n) is 6.06. The van der Waals surface area contributed by atoms with Crippen LogP contribution < -0.4 is 0 Å². The summed E-state index contributed by atoms with van der Waals surface area (Å²) in [4.78, 5) is 4.73. The smallest absolute Gasteiger partial charge is 0.174 e. The van der Waals surface area contributed by atoms with Crippen molar-refractivity contribution >= 4 is 16.8 Å². The molecule has 0 amide bonds. The third-order valence-corrected chi connectivity index (χ3v) is 7.18. The Hall–Kier alpha value is -0.0200. The summed E-state index contributed by atoms with van der Waals surface area (Å²) in [7, 11) is 0. The molecule has 18 heavy (non-hydrogen) atoms. The molecule has 1 heterocycles. The first-order valence-electron chi connectivity index (χ1n) is 7.46. The Balaban J connectivity index is 1.75. The molecule has 2 nitrogen and oxygen atoms in total. The Kier molecular flexibility index (Phi) is 2.32. The van der Waals surface area contributed by atoms with E-state index in [2.05, 4.69) is 13.8 Å². The highest BCUT2D eigenvalue weighted by Crippen LogP contribution is 2.66. The van der Waals surface area contributed by atoms with E-state index in [0.29, 0.717) is 0 Å².